The minimum atomic E-state index is 0.0767. The molecule has 0 bridgehead atoms. The van der Waals surface area contributed by atoms with Crippen molar-refractivity contribution in [3.8, 4) is 0 Å². The van der Waals surface area contributed by atoms with E-state index in [0.717, 1.165) is 11.4 Å². The van der Waals surface area contributed by atoms with Crippen molar-refractivity contribution >= 4 is 11.8 Å². The number of aliphatic imine (C=N–C) groups is 1. The standard InChI is InChI=1S/C13H20N2/c1-6-7-11-10(8-9-15-11)12(14-5)13(2,3)4/h6-9,15H,1-5H3/b7-6-,14-12?. The summed E-state index contributed by atoms with van der Waals surface area (Å²) in [5, 5.41) is 0. The smallest absolute Gasteiger partial charge is 0.0491 e. The van der Waals surface area contributed by atoms with Gasteiger partial charge in [-0.1, -0.05) is 26.8 Å². The van der Waals surface area contributed by atoms with Crippen LogP contribution in [0.15, 0.2) is 23.3 Å². The molecular formula is C13H20N2. The average Bonchev–Trinajstić information content (AvgIpc) is 2.53. The fourth-order valence-corrected chi connectivity index (χ4v) is 1.75. The third kappa shape index (κ3) is 2.58. The van der Waals surface area contributed by atoms with E-state index in [2.05, 4.69) is 42.9 Å². The van der Waals surface area contributed by atoms with E-state index in [0.29, 0.717) is 0 Å². The predicted octanol–water partition coefficient (Wildman–Crippen LogP) is 3.51. The first-order valence-corrected chi connectivity index (χ1v) is 5.28. The van der Waals surface area contributed by atoms with Crippen LogP contribution in [0.3, 0.4) is 0 Å². The molecule has 0 unspecified atom stereocenters. The van der Waals surface area contributed by atoms with E-state index in [4.69, 9.17) is 0 Å². The van der Waals surface area contributed by atoms with Crippen LogP contribution in [0.1, 0.15) is 39.0 Å². The van der Waals surface area contributed by atoms with Crippen LogP contribution in [0, 0.1) is 5.41 Å². The molecule has 0 amide bonds. The normalized spacial score (nSPS) is 13.8. The summed E-state index contributed by atoms with van der Waals surface area (Å²) < 4.78 is 0. The highest BCUT2D eigenvalue weighted by Crippen LogP contribution is 2.24. The monoisotopic (exact) mass is 204 g/mol. The maximum atomic E-state index is 4.41. The van der Waals surface area contributed by atoms with Crippen molar-refractivity contribution in [3.05, 3.63) is 29.6 Å². The van der Waals surface area contributed by atoms with Gasteiger partial charge in [0.1, 0.15) is 0 Å². The lowest BCUT2D eigenvalue weighted by atomic mass is 9.85. The molecule has 0 aliphatic rings. The van der Waals surface area contributed by atoms with Crippen LogP contribution < -0.4 is 0 Å². The summed E-state index contributed by atoms with van der Waals surface area (Å²) in [6, 6.07) is 2.09. The maximum absolute atomic E-state index is 4.41. The number of nitrogens with one attached hydrogen (secondary N) is 1. The van der Waals surface area contributed by atoms with E-state index >= 15 is 0 Å². The molecular weight excluding hydrogens is 184 g/mol. The second-order valence-corrected chi connectivity index (χ2v) is 4.63. The fraction of sp³-hybridized carbons (Fsp3) is 0.462. The Balaban J connectivity index is 3.20. The molecule has 82 valence electrons. The van der Waals surface area contributed by atoms with E-state index in [1.807, 2.05) is 26.2 Å². The van der Waals surface area contributed by atoms with Gasteiger partial charge in [-0.05, 0) is 19.1 Å². The van der Waals surface area contributed by atoms with Gasteiger partial charge in [0, 0.05) is 35.6 Å². The molecule has 0 atom stereocenters. The Labute approximate surface area is 92.1 Å². The van der Waals surface area contributed by atoms with Gasteiger partial charge >= 0.3 is 0 Å². The summed E-state index contributed by atoms with van der Waals surface area (Å²) in [6.07, 6.45) is 6.07. The van der Waals surface area contributed by atoms with Crippen molar-refractivity contribution in [2.45, 2.75) is 27.7 Å². The second kappa shape index (κ2) is 4.47. The first-order valence-electron chi connectivity index (χ1n) is 5.28. The van der Waals surface area contributed by atoms with E-state index < -0.39 is 0 Å². The molecule has 0 aliphatic heterocycles. The quantitative estimate of drug-likeness (QED) is 0.714. The van der Waals surface area contributed by atoms with Gasteiger partial charge in [-0.3, -0.25) is 4.99 Å². The minimum Gasteiger partial charge on any atom is -0.361 e. The van der Waals surface area contributed by atoms with Gasteiger partial charge in [-0.25, -0.2) is 0 Å². The number of rotatable bonds is 2. The number of allylic oxidation sites excluding steroid dienone is 1. The summed E-state index contributed by atoms with van der Waals surface area (Å²) >= 11 is 0. The van der Waals surface area contributed by atoms with Gasteiger partial charge < -0.3 is 4.98 Å². The zero-order valence-corrected chi connectivity index (χ0v) is 10.3. The molecule has 1 aromatic heterocycles. The number of nitrogens with zero attached hydrogens (tertiary/aromatic N) is 1. The zero-order chi connectivity index (χ0) is 11.5. The Kier molecular flexibility index (Phi) is 3.51. The molecule has 0 fully saturated rings. The van der Waals surface area contributed by atoms with Crippen LogP contribution in [-0.4, -0.2) is 17.7 Å². The summed E-state index contributed by atoms with van der Waals surface area (Å²) in [6.45, 7) is 8.57. The minimum absolute atomic E-state index is 0.0767. The molecule has 0 aliphatic carbocycles. The van der Waals surface area contributed by atoms with Gasteiger partial charge in [0.05, 0.1) is 0 Å². The first-order chi connectivity index (χ1) is 7.00. The SMILES string of the molecule is C/C=C\c1[nH]ccc1C(=NC)C(C)(C)C. The zero-order valence-electron chi connectivity index (χ0n) is 10.3. The Bertz CT molecular complexity index is 375. The maximum Gasteiger partial charge on any atom is 0.0491 e. The number of H-pyrrole nitrogens is 1. The Hall–Kier alpha value is -1.31. The van der Waals surface area contributed by atoms with Crippen LogP contribution in [0.25, 0.3) is 6.08 Å². The summed E-state index contributed by atoms with van der Waals surface area (Å²) in [5.74, 6) is 0. The van der Waals surface area contributed by atoms with E-state index in [1.54, 1.807) is 0 Å². The second-order valence-electron chi connectivity index (χ2n) is 4.63. The predicted molar refractivity (Wildman–Crippen MR) is 67.4 cm³/mol. The highest BCUT2D eigenvalue weighted by atomic mass is 14.7. The number of aromatic nitrogens is 1. The third-order valence-corrected chi connectivity index (χ3v) is 2.30. The van der Waals surface area contributed by atoms with Crippen LogP contribution in [0.2, 0.25) is 0 Å². The lowest BCUT2D eigenvalue weighted by molar-refractivity contribution is 0.591. The number of hydrogen-bond acceptors (Lipinski definition) is 1. The van der Waals surface area contributed by atoms with Gasteiger partial charge in [0.15, 0.2) is 0 Å². The third-order valence-electron chi connectivity index (χ3n) is 2.30. The lowest BCUT2D eigenvalue weighted by Crippen LogP contribution is -2.21. The van der Waals surface area contributed by atoms with Crippen molar-refractivity contribution in [2.24, 2.45) is 10.4 Å². The van der Waals surface area contributed by atoms with Crippen molar-refractivity contribution in [1.82, 2.24) is 4.98 Å². The molecule has 0 radical (unpaired) electrons. The number of hydrogen-bond donors (Lipinski definition) is 1. The van der Waals surface area contributed by atoms with Crippen molar-refractivity contribution < 1.29 is 0 Å². The molecule has 1 rings (SSSR count). The van der Waals surface area contributed by atoms with Crippen LogP contribution in [0.4, 0.5) is 0 Å². The first kappa shape index (κ1) is 11.8. The highest BCUT2D eigenvalue weighted by Gasteiger charge is 2.22. The molecule has 15 heavy (non-hydrogen) atoms. The molecule has 0 aromatic carbocycles. The van der Waals surface area contributed by atoms with Crippen molar-refractivity contribution in [1.29, 1.82) is 0 Å². The summed E-state index contributed by atoms with van der Waals surface area (Å²) in [7, 11) is 1.85. The van der Waals surface area contributed by atoms with E-state index in [9.17, 15) is 0 Å². The molecule has 2 heteroatoms. The van der Waals surface area contributed by atoms with Crippen molar-refractivity contribution in [3.63, 3.8) is 0 Å². The molecule has 0 saturated heterocycles. The summed E-state index contributed by atoms with van der Waals surface area (Å²) in [5.41, 5.74) is 3.54. The van der Waals surface area contributed by atoms with Gasteiger partial charge in [0.25, 0.3) is 0 Å². The largest absolute Gasteiger partial charge is 0.361 e. The van der Waals surface area contributed by atoms with Crippen LogP contribution in [-0.2, 0) is 0 Å². The van der Waals surface area contributed by atoms with Gasteiger partial charge in [0.2, 0.25) is 0 Å². The van der Waals surface area contributed by atoms with Gasteiger partial charge in [-0.15, -0.1) is 0 Å². The molecule has 1 aromatic rings. The fourth-order valence-electron chi connectivity index (χ4n) is 1.75. The lowest BCUT2D eigenvalue weighted by Gasteiger charge is -2.21. The van der Waals surface area contributed by atoms with E-state index in [1.165, 1.54) is 5.56 Å². The van der Waals surface area contributed by atoms with Crippen LogP contribution in [0.5, 0.6) is 0 Å². The topological polar surface area (TPSA) is 28.1 Å². The number of aromatic amines is 1. The molecule has 0 spiro atoms. The Morgan fingerprint density at radius 2 is 2.07 bits per heavy atom. The highest BCUT2D eigenvalue weighted by molar-refractivity contribution is 6.06. The Morgan fingerprint density at radius 1 is 1.40 bits per heavy atom. The molecule has 0 saturated carbocycles. The molecule has 1 N–H and O–H groups in total. The van der Waals surface area contributed by atoms with Gasteiger partial charge in [-0.2, -0.15) is 0 Å². The van der Waals surface area contributed by atoms with E-state index in [-0.39, 0.29) is 5.41 Å². The average molecular weight is 204 g/mol. The molecule has 2 nitrogen and oxygen atoms in total. The molecule has 1 heterocycles. The van der Waals surface area contributed by atoms with Crippen LogP contribution >= 0.6 is 0 Å². The van der Waals surface area contributed by atoms with Crippen molar-refractivity contribution in [2.75, 3.05) is 7.05 Å². The summed E-state index contributed by atoms with van der Waals surface area (Å²) in [4.78, 5) is 7.63. The Morgan fingerprint density at radius 3 is 2.53 bits per heavy atom.